The Kier molecular flexibility index (Phi) is 6.36. The maximum atomic E-state index is 12.6. The number of ether oxygens (including phenoxy) is 1. The molecule has 2 aromatic rings. The zero-order valence-corrected chi connectivity index (χ0v) is 17.0. The van der Waals surface area contributed by atoms with Crippen molar-refractivity contribution in [2.24, 2.45) is 5.92 Å². The van der Waals surface area contributed by atoms with Crippen molar-refractivity contribution in [1.82, 2.24) is 9.62 Å². The van der Waals surface area contributed by atoms with E-state index in [-0.39, 0.29) is 18.2 Å². The van der Waals surface area contributed by atoms with Gasteiger partial charge < -0.3 is 10.1 Å². The van der Waals surface area contributed by atoms with E-state index in [0.717, 1.165) is 22.4 Å². The fraction of sp³-hybridized carbons (Fsp3) is 0.381. The molecule has 1 atom stereocenters. The largest absolute Gasteiger partial charge is 0.496 e. The number of benzene rings is 2. The summed E-state index contributed by atoms with van der Waals surface area (Å²) < 4.78 is 31.6. The molecule has 3 rings (SSSR count). The third kappa shape index (κ3) is 4.36. The van der Waals surface area contributed by atoms with Crippen molar-refractivity contribution in [1.29, 1.82) is 0 Å². The first-order chi connectivity index (χ1) is 13.5. The van der Waals surface area contributed by atoms with Crippen molar-refractivity contribution in [2.75, 3.05) is 32.5 Å². The minimum absolute atomic E-state index is 0.0334. The fourth-order valence-electron chi connectivity index (χ4n) is 3.55. The highest BCUT2D eigenvalue weighted by molar-refractivity contribution is 7.89. The second-order valence-electron chi connectivity index (χ2n) is 6.81. The van der Waals surface area contributed by atoms with Crippen LogP contribution in [0.3, 0.4) is 0 Å². The Bertz CT molecular complexity index is 943. The van der Waals surface area contributed by atoms with E-state index in [9.17, 15) is 13.2 Å². The van der Waals surface area contributed by atoms with Gasteiger partial charge in [-0.3, -0.25) is 4.79 Å². The van der Waals surface area contributed by atoms with Crippen molar-refractivity contribution < 1.29 is 17.9 Å². The second kappa shape index (κ2) is 8.75. The molecule has 7 heteroatoms. The molecule has 0 bridgehead atoms. The van der Waals surface area contributed by atoms with Crippen molar-refractivity contribution in [3.05, 3.63) is 54.1 Å². The highest BCUT2D eigenvalue weighted by atomic mass is 32.2. The number of sulfonamides is 1. The lowest BCUT2D eigenvalue weighted by Crippen LogP contribution is -2.38. The van der Waals surface area contributed by atoms with Crippen LogP contribution in [0.25, 0.3) is 11.1 Å². The molecule has 1 aliphatic heterocycles. The van der Waals surface area contributed by atoms with Gasteiger partial charge in [0.05, 0.1) is 18.8 Å². The van der Waals surface area contributed by atoms with Crippen LogP contribution in [0.4, 0.5) is 0 Å². The van der Waals surface area contributed by atoms with Crippen LogP contribution < -0.4 is 10.1 Å². The molecule has 0 radical (unpaired) electrons. The van der Waals surface area contributed by atoms with E-state index in [1.165, 1.54) is 4.31 Å². The smallest absolute Gasteiger partial charge is 0.224 e. The molecular weight excluding hydrogens is 376 g/mol. The second-order valence-corrected chi connectivity index (χ2v) is 9.07. The van der Waals surface area contributed by atoms with E-state index >= 15 is 0 Å². The molecule has 0 aromatic heterocycles. The Hall–Kier alpha value is -2.38. The predicted octanol–water partition coefficient (Wildman–Crippen LogP) is 2.30. The first kappa shape index (κ1) is 20.4. The SMILES string of the molecule is CCS(=O)(=O)N1CCNC(=O)C(Cc2ccccc2-c2ccccc2OC)C1. The normalized spacial score (nSPS) is 18.4. The quantitative estimate of drug-likeness (QED) is 0.805. The molecular formula is C21H26N2O4S. The molecule has 1 amide bonds. The molecule has 150 valence electrons. The summed E-state index contributed by atoms with van der Waals surface area (Å²) in [6.07, 6.45) is 0.454. The highest BCUT2D eigenvalue weighted by Crippen LogP contribution is 2.33. The topological polar surface area (TPSA) is 75.7 Å². The number of methoxy groups -OCH3 is 1. The lowest BCUT2D eigenvalue weighted by molar-refractivity contribution is -0.124. The summed E-state index contributed by atoms with van der Waals surface area (Å²) in [4.78, 5) is 12.6. The number of nitrogens with one attached hydrogen (secondary N) is 1. The number of carbonyl (C=O) groups is 1. The lowest BCUT2D eigenvalue weighted by Gasteiger charge is -2.23. The van der Waals surface area contributed by atoms with Gasteiger partial charge in [0.2, 0.25) is 15.9 Å². The summed E-state index contributed by atoms with van der Waals surface area (Å²) in [7, 11) is -1.71. The third-order valence-corrected chi connectivity index (χ3v) is 6.94. The van der Waals surface area contributed by atoms with Crippen LogP contribution in [-0.4, -0.2) is 51.1 Å². The van der Waals surface area contributed by atoms with Crippen LogP contribution in [0.5, 0.6) is 5.75 Å². The van der Waals surface area contributed by atoms with Crippen molar-refractivity contribution in [3.63, 3.8) is 0 Å². The summed E-state index contributed by atoms with van der Waals surface area (Å²) in [5.41, 5.74) is 2.93. The van der Waals surface area contributed by atoms with Gasteiger partial charge in [0, 0.05) is 25.2 Å². The molecule has 1 fully saturated rings. The molecule has 6 nitrogen and oxygen atoms in total. The van der Waals surface area contributed by atoms with E-state index in [1.54, 1.807) is 14.0 Å². The Labute approximate surface area is 166 Å². The summed E-state index contributed by atoms with van der Waals surface area (Å²) in [6, 6.07) is 15.6. The van der Waals surface area contributed by atoms with Gasteiger partial charge in [0.1, 0.15) is 5.75 Å². The average molecular weight is 403 g/mol. The maximum absolute atomic E-state index is 12.6. The monoisotopic (exact) mass is 402 g/mol. The fourth-order valence-corrected chi connectivity index (χ4v) is 4.70. The highest BCUT2D eigenvalue weighted by Gasteiger charge is 2.31. The summed E-state index contributed by atoms with van der Waals surface area (Å²) >= 11 is 0. The van der Waals surface area contributed by atoms with Gasteiger partial charge in [-0.2, -0.15) is 4.31 Å². The zero-order valence-electron chi connectivity index (χ0n) is 16.2. The number of hydrogen-bond donors (Lipinski definition) is 1. The molecule has 1 unspecified atom stereocenters. The molecule has 1 heterocycles. The number of amides is 1. The van der Waals surface area contributed by atoms with Gasteiger partial charge in [-0.15, -0.1) is 0 Å². The number of rotatable bonds is 6. The Morgan fingerprint density at radius 3 is 2.50 bits per heavy atom. The average Bonchev–Trinajstić information content (AvgIpc) is 2.90. The van der Waals surface area contributed by atoms with E-state index in [4.69, 9.17) is 4.74 Å². The van der Waals surface area contributed by atoms with Crippen LogP contribution in [0.15, 0.2) is 48.5 Å². The van der Waals surface area contributed by atoms with Crippen LogP contribution in [0, 0.1) is 5.92 Å². The molecule has 0 aliphatic carbocycles. The van der Waals surface area contributed by atoms with Crippen molar-refractivity contribution in [3.8, 4) is 16.9 Å². The van der Waals surface area contributed by atoms with Gasteiger partial charge in [0.25, 0.3) is 0 Å². The number of hydrogen-bond acceptors (Lipinski definition) is 4. The van der Waals surface area contributed by atoms with Crippen molar-refractivity contribution in [2.45, 2.75) is 13.3 Å². The Morgan fingerprint density at radius 2 is 1.79 bits per heavy atom. The molecule has 1 saturated heterocycles. The van der Waals surface area contributed by atoms with E-state index < -0.39 is 15.9 Å². The van der Waals surface area contributed by atoms with E-state index in [0.29, 0.717) is 19.5 Å². The standard InChI is InChI=1S/C21H26N2O4S/c1-3-28(25,26)23-13-12-22-21(24)17(15-23)14-16-8-4-5-9-18(16)19-10-6-7-11-20(19)27-2/h4-11,17H,3,12-15H2,1-2H3,(H,22,24). The van der Waals surface area contributed by atoms with Gasteiger partial charge in [-0.05, 0) is 30.5 Å². The van der Waals surface area contributed by atoms with Gasteiger partial charge >= 0.3 is 0 Å². The van der Waals surface area contributed by atoms with Crippen molar-refractivity contribution >= 4 is 15.9 Å². The minimum atomic E-state index is -3.35. The van der Waals surface area contributed by atoms with Crippen LogP contribution in [0.1, 0.15) is 12.5 Å². The number of para-hydroxylation sites is 1. The number of carbonyl (C=O) groups excluding carboxylic acids is 1. The van der Waals surface area contributed by atoms with Gasteiger partial charge in [0.15, 0.2) is 0 Å². The molecule has 0 saturated carbocycles. The minimum Gasteiger partial charge on any atom is -0.496 e. The van der Waals surface area contributed by atoms with Crippen LogP contribution >= 0.6 is 0 Å². The summed E-state index contributed by atoms with van der Waals surface area (Å²) in [5.74, 6) is 0.241. The first-order valence-electron chi connectivity index (χ1n) is 9.43. The van der Waals surface area contributed by atoms with E-state index in [1.807, 2.05) is 48.5 Å². The zero-order chi connectivity index (χ0) is 20.1. The molecule has 2 aromatic carbocycles. The van der Waals surface area contributed by atoms with Crippen LogP contribution in [-0.2, 0) is 21.2 Å². The third-order valence-electron chi connectivity index (χ3n) is 5.09. The summed E-state index contributed by atoms with van der Waals surface area (Å²) in [5, 5.41) is 2.85. The Balaban J connectivity index is 1.93. The lowest BCUT2D eigenvalue weighted by atomic mass is 9.91. The predicted molar refractivity (Wildman–Crippen MR) is 110 cm³/mol. The maximum Gasteiger partial charge on any atom is 0.224 e. The van der Waals surface area contributed by atoms with E-state index in [2.05, 4.69) is 5.32 Å². The van der Waals surface area contributed by atoms with Crippen LogP contribution in [0.2, 0.25) is 0 Å². The molecule has 28 heavy (non-hydrogen) atoms. The van der Waals surface area contributed by atoms with Gasteiger partial charge in [-0.1, -0.05) is 42.5 Å². The number of nitrogens with zero attached hydrogens (tertiary/aromatic N) is 1. The first-order valence-corrected chi connectivity index (χ1v) is 11.0. The summed E-state index contributed by atoms with van der Waals surface area (Å²) in [6.45, 7) is 2.47. The molecule has 0 spiro atoms. The Morgan fingerprint density at radius 1 is 1.11 bits per heavy atom. The molecule has 1 N–H and O–H groups in total. The molecule has 1 aliphatic rings. The van der Waals surface area contributed by atoms with Gasteiger partial charge in [-0.25, -0.2) is 8.42 Å².